The second-order valence-electron chi connectivity index (χ2n) is 6.25. The molecule has 122 valence electrons. The predicted molar refractivity (Wildman–Crippen MR) is 96.8 cm³/mol. The van der Waals surface area contributed by atoms with Crippen molar-refractivity contribution in [3.8, 4) is 6.07 Å². The molecule has 5 heteroatoms. The number of nitrogens with zero attached hydrogens (tertiary/aromatic N) is 3. The highest BCUT2D eigenvalue weighted by Crippen LogP contribution is 2.49. The summed E-state index contributed by atoms with van der Waals surface area (Å²) in [7, 11) is 0. The third-order valence-corrected chi connectivity index (χ3v) is 4.93. The molecule has 1 aromatic carbocycles. The molecule has 0 fully saturated rings. The van der Waals surface area contributed by atoms with Crippen molar-refractivity contribution in [3.05, 3.63) is 82.7 Å². The van der Waals surface area contributed by atoms with Crippen molar-refractivity contribution < 1.29 is 0 Å². The molecule has 0 spiro atoms. The van der Waals surface area contributed by atoms with Crippen LogP contribution < -0.4 is 11.5 Å². The summed E-state index contributed by atoms with van der Waals surface area (Å²) in [6.07, 6.45) is 4.22. The fourth-order valence-corrected chi connectivity index (χ4v) is 3.79. The number of nitriles is 1. The van der Waals surface area contributed by atoms with Crippen molar-refractivity contribution in [1.29, 1.82) is 5.26 Å². The van der Waals surface area contributed by atoms with E-state index >= 15 is 0 Å². The van der Waals surface area contributed by atoms with Crippen LogP contribution in [0.5, 0.6) is 0 Å². The van der Waals surface area contributed by atoms with E-state index < -0.39 is 0 Å². The molecular weight excluding hydrogens is 310 g/mol. The van der Waals surface area contributed by atoms with Gasteiger partial charge in [-0.15, -0.1) is 0 Å². The summed E-state index contributed by atoms with van der Waals surface area (Å²) in [5.41, 5.74) is 17.2. The number of anilines is 2. The van der Waals surface area contributed by atoms with E-state index in [1.807, 2.05) is 42.5 Å². The Hall–Kier alpha value is -3.39. The van der Waals surface area contributed by atoms with Gasteiger partial charge in [0, 0.05) is 35.4 Å². The summed E-state index contributed by atoms with van der Waals surface area (Å²) >= 11 is 0. The molecule has 2 aromatic heterocycles. The maximum Gasteiger partial charge on any atom is 0.127 e. The summed E-state index contributed by atoms with van der Waals surface area (Å²) in [6, 6.07) is 15.9. The van der Waals surface area contributed by atoms with E-state index in [1.54, 1.807) is 12.4 Å². The van der Waals surface area contributed by atoms with Gasteiger partial charge >= 0.3 is 0 Å². The van der Waals surface area contributed by atoms with E-state index in [4.69, 9.17) is 11.5 Å². The van der Waals surface area contributed by atoms with Crippen LogP contribution in [0, 0.1) is 11.3 Å². The molecule has 3 aromatic rings. The van der Waals surface area contributed by atoms with Crippen LogP contribution in [0.3, 0.4) is 0 Å². The van der Waals surface area contributed by atoms with Crippen LogP contribution in [0.4, 0.5) is 11.6 Å². The second-order valence-corrected chi connectivity index (χ2v) is 6.25. The maximum atomic E-state index is 9.29. The van der Waals surface area contributed by atoms with Crippen LogP contribution in [-0.2, 0) is 0 Å². The van der Waals surface area contributed by atoms with Crippen LogP contribution in [0.1, 0.15) is 46.1 Å². The van der Waals surface area contributed by atoms with Crippen LogP contribution in [0.15, 0.2) is 54.9 Å². The van der Waals surface area contributed by atoms with Gasteiger partial charge in [0.15, 0.2) is 0 Å². The van der Waals surface area contributed by atoms with E-state index in [9.17, 15) is 5.26 Å². The van der Waals surface area contributed by atoms with Gasteiger partial charge in [-0.2, -0.15) is 5.26 Å². The molecule has 0 radical (unpaired) electrons. The van der Waals surface area contributed by atoms with Crippen molar-refractivity contribution in [2.75, 3.05) is 11.5 Å². The van der Waals surface area contributed by atoms with Crippen LogP contribution in [0.25, 0.3) is 0 Å². The summed E-state index contributed by atoms with van der Waals surface area (Å²) in [6.45, 7) is 0. The van der Waals surface area contributed by atoms with E-state index in [2.05, 4.69) is 16.0 Å². The molecule has 5 nitrogen and oxygen atoms in total. The third kappa shape index (κ3) is 2.48. The van der Waals surface area contributed by atoms with Crippen molar-refractivity contribution in [1.82, 2.24) is 9.97 Å². The lowest BCUT2D eigenvalue weighted by molar-refractivity contribution is 0.714. The fraction of sp³-hybridized carbons (Fsp3) is 0.150. The first kappa shape index (κ1) is 15.2. The van der Waals surface area contributed by atoms with Crippen LogP contribution in [-0.4, -0.2) is 9.97 Å². The molecule has 0 saturated heterocycles. The van der Waals surface area contributed by atoms with Gasteiger partial charge in [-0.05, 0) is 41.8 Å². The van der Waals surface area contributed by atoms with Crippen LogP contribution in [0.2, 0.25) is 0 Å². The van der Waals surface area contributed by atoms with Gasteiger partial charge in [0.25, 0.3) is 0 Å². The predicted octanol–water partition coefficient (Wildman–Crippen LogP) is 3.18. The Labute approximate surface area is 146 Å². The number of pyridine rings is 2. The zero-order valence-electron chi connectivity index (χ0n) is 13.6. The standard InChI is InChI=1S/C20H17N5/c21-11-12-5-6-13-16(9-12)18(15-4-2-8-25-20(15)23)10-17(13)14-3-1-7-24-19(14)22/h1-9,17-18H,10H2,(H2,22,24)(H2,23,25). The highest BCUT2D eigenvalue weighted by molar-refractivity contribution is 5.58. The molecule has 0 amide bonds. The Balaban J connectivity index is 1.89. The molecule has 2 heterocycles. The van der Waals surface area contributed by atoms with Gasteiger partial charge in [0.2, 0.25) is 0 Å². The third-order valence-electron chi connectivity index (χ3n) is 4.93. The Bertz CT molecular complexity index is 989. The van der Waals surface area contributed by atoms with Gasteiger partial charge in [-0.25, -0.2) is 9.97 Å². The minimum absolute atomic E-state index is 0.0848. The molecule has 0 bridgehead atoms. The summed E-state index contributed by atoms with van der Waals surface area (Å²) in [5, 5.41) is 9.29. The lowest BCUT2D eigenvalue weighted by Gasteiger charge is -2.15. The van der Waals surface area contributed by atoms with E-state index in [-0.39, 0.29) is 11.8 Å². The van der Waals surface area contributed by atoms with E-state index in [1.165, 1.54) is 5.56 Å². The average molecular weight is 327 g/mol. The lowest BCUT2D eigenvalue weighted by atomic mass is 9.91. The second kappa shape index (κ2) is 5.91. The number of rotatable bonds is 2. The number of hydrogen-bond acceptors (Lipinski definition) is 5. The van der Waals surface area contributed by atoms with Gasteiger partial charge < -0.3 is 11.5 Å². The highest BCUT2D eigenvalue weighted by atomic mass is 14.8. The largest absolute Gasteiger partial charge is 0.383 e. The Morgan fingerprint density at radius 3 is 2.00 bits per heavy atom. The molecule has 4 rings (SSSR count). The first-order chi connectivity index (χ1) is 12.2. The molecule has 4 N–H and O–H groups in total. The Morgan fingerprint density at radius 1 is 0.840 bits per heavy atom. The summed E-state index contributed by atoms with van der Waals surface area (Å²) in [4.78, 5) is 8.46. The van der Waals surface area contributed by atoms with Crippen molar-refractivity contribution in [3.63, 3.8) is 0 Å². The normalized spacial score (nSPS) is 18.5. The minimum atomic E-state index is 0.0848. The number of fused-ring (bicyclic) bond motifs is 1. The summed E-state index contributed by atoms with van der Waals surface area (Å²) < 4.78 is 0. The van der Waals surface area contributed by atoms with Gasteiger partial charge in [0.1, 0.15) is 11.6 Å². The topological polar surface area (TPSA) is 102 Å². The van der Waals surface area contributed by atoms with Crippen molar-refractivity contribution >= 4 is 11.6 Å². The van der Waals surface area contributed by atoms with E-state index in [0.717, 1.165) is 23.1 Å². The highest BCUT2D eigenvalue weighted by Gasteiger charge is 2.35. The maximum absolute atomic E-state index is 9.29. The van der Waals surface area contributed by atoms with Crippen LogP contribution >= 0.6 is 0 Å². The molecule has 2 atom stereocenters. The van der Waals surface area contributed by atoms with Gasteiger partial charge in [-0.3, -0.25) is 0 Å². The molecule has 1 aliphatic carbocycles. The first-order valence-corrected chi connectivity index (χ1v) is 8.13. The number of nitrogen functional groups attached to an aromatic ring is 2. The lowest BCUT2D eigenvalue weighted by Crippen LogP contribution is -2.05. The molecule has 0 saturated carbocycles. The zero-order chi connectivity index (χ0) is 17.4. The minimum Gasteiger partial charge on any atom is -0.383 e. The molecule has 2 unspecified atom stereocenters. The molecule has 1 aliphatic rings. The van der Waals surface area contributed by atoms with Gasteiger partial charge in [-0.1, -0.05) is 18.2 Å². The quantitative estimate of drug-likeness (QED) is 0.752. The van der Waals surface area contributed by atoms with E-state index in [0.29, 0.717) is 17.2 Å². The number of hydrogen-bond donors (Lipinski definition) is 2. The monoisotopic (exact) mass is 327 g/mol. The number of benzene rings is 1. The van der Waals surface area contributed by atoms with Crippen molar-refractivity contribution in [2.24, 2.45) is 0 Å². The molecule has 0 aliphatic heterocycles. The SMILES string of the molecule is N#Cc1ccc2c(c1)C(c1cccnc1N)CC2c1cccnc1N. The number of aromatic nitrogens is 2. The summed E-state index contributed by atoms with van der Waals surface area (Å²) in [5.74, 6) is 1.28. The number of nitrogens with two attached hydrogens (primary N) is 2. The van der Waals surface area contributed by atoms with Gasteiger partial charge in [0.05, 0.1) is 11.6 Å². The molecular formula is C20H17N5. The molecule has 25 heavy (non-hydrogen) atoms. The average Bonchev–Trinajstić information content (AvgIpc) is 3.01. The zero-order valence-corrected chi connectivity index (χ0v) is 13.6. The first-order valence-electron chi connectivity index (χ1n) is 8.13. The Kier molecular flexibility index (Phi) is 3.58. The fourth-order valence-electron chi connectivity index (χ4n) is 3.79. The smallest absolute Gasteiger partial charge is 0.127 e. The van der Waals surface area contributed by atoms with Crippen molar-refractivity contribution in [2.45, 2.75) is 18.3 Å². The Morgan fingerprint density at radius 2 is 1.44 bits per heavy atom.